The molecule has 0 fully saturated rings. The zero-order chi connectivity index (χ0) is 16.3. The molecule has 0 atom stereocenters. The topological polar surface area (TPSA) is 35.5 Å². The lowest BCUT2D eigenvalue weighted by Gasteiger charge is -2.10. The lowest BCUT2D eigenvalue weighted by atomic mass is 10.3. The second-order valence-corrected chi connectivity index (χ2v) is 6.10. The molecule has 8 heteroatoms. The minimum atomic E-state index is -0.675. The maximum Gasteiger partial charge on any atom is 0.349 e. The third-order valence-corrected chi connectivity index (χ3v) is 3.99. The molecular weight excluding hydrogens is 393 g/mol. The van der Waals surface area contributed by atoms with Crippen molar-refractivity contribution in [3.8, 4) is 11.5 Å². The Balaban J connectivity index is 2.00. The molecule has 0 saturated carbocycles. The number of carbonyl (C=O) groups is 1. The first-order valence-corrected chi connectivity index (χ1v) is 7.69. The minimum Gasteiger partial charge on any atom is -0.480 e. The Bertz CT molecular complexity index is 718. The summed E-state index contributed by atoms with van der Waals surface area (Å²) in [7, 11) is 0. The van der Waals surface area contributed by atoms with Crippen LogP contribution in [-0.4, -0.2) is 12.6 Å². The third-order valence-electron chi connectivity index (χ3n) is 2.44. The molecular formula is C14H7Cl5O3. The van der Waals surface area contributed by atoms with E-state index in [1.165, 1.54) is 18.2 Å². The zero-order valence-corrected chi connectivity index (χ0v) is 14.5. The van der Waals surface area contributed by atoms with Gasteiger partial charge >= 0.3 is 5.97 Å². The Kier molecular flexibility index (Phi) is 6.07. The monoisotopic (exact) mass is 398 g/mol. The van der Waals surface area contributed by atoms with Gasteiger partial charge in [-0.25, -0.2) is 4.79 Å². The highest BCUT2D eigenvalue weighted by Gasteiger charge is 2.13. The van der Waals surface area contributed by atoms with Crippen LogP contribution in [0.3, 0.4) is 0 Å². The van der Waals surface area contributed by atoms with E-state index >= 15 is 0 Å². The van der Waals surface area contributed by atoms with Crippen LogP contribution in [0.1, 0.15) is 0 Å². The van der Waals surface area contributed by atoms with Crippen molar-refractivity contribution in [2.24, 2.45) is 0 Å². The average molecular weight is 400 g/mol. The van der Waals surface area contributed by atoms with Gasteiger partial charge in [0.05, 0.1) is 20.1 Å². The van der Waals surface area contributed by atoms with E-state index in [4.69, 9.17) is 67.5 Å². The van der Waals surface area contributed by atoms with E-state index in [2.05, 4.69) is 0 Å². The Morgan fingerprint density at radius 1 is 0.818 bits per heavy atom. The van der Waals surface area contributed by atoms with E-state index in [1.54, 1.807) is 12.1 Å². The van der Waals surface area contributed by atoms with Crippen LogP contribution in [0.4, 0.5) is 0 Å². The first-order valence-electron chi connectivity index (χ1n) is 5.80. The molecule has 0 amide bonds. The van der Waals surface area contributed by atoms with Gasteiger partial charge in [-0.05, 0) is 24.3 Å². The molecule has 2 aromatic carbocycles. The number of benzene rings is 2. The molecule has 0 bridgehead atoms. The fourth-order valence-corrected chi connectivity index (χ4v) is 2.50. The molecule has 2 rings (SSSR count). The summed E-state index contributed by atoms with van der Waals surface area (Å²) in [6, 6.07) is 7.36. The Morgan fingerprint density at radius 2 is 1.45 bits per heavy atom. The van der Waals surface area contributed by atoms with Crippen LogP contribution in [0.15, 0.2) is 30.3 Å². The SMILES string of the molecule is O=C(COc1ccc(Cl)cc1Cl)Oc1cc(Cl)c(Cl)cc1Cl. The van der Waals surface area contributed by atoms with Crippen LogP contribution in [0.2, 0.25) is 25.1 Å². The number of hydrogen-bond acceptors (Lipinski definition) is 3. The van der Waals surface area contributed by atoms with E-state index in [0.717, 1.165) is 0 Å². The van der Waals surface area contributed by atoms with Gasteiger partial charge in [0.2, 0.25) is 0 Å². The second-order valence-electron chi connectivity index (χ2n) is 4.03. The van der Waals surface area contributed by atoms with Crippen molar-refractivity contribution >= 4 is 64.0 Å². The van der Waals surface area contributed by atoms with Crippen LogP contribution in [0.5, 0.6) is 11.5 Å². The van der Waals surface area contributed by atoms with Crippen LogP contribution < -0.4 is 9.47 Å². The number of carbonyl (C=O) groups excluding carboxylic acids is 1. The molecule has 2 aromatic rings. The van der Waals surface area contributed by atoms with Gasteiger partial charge in [-0.3, -0.25) is 0 Å². The Morgan fingerprint density at radius 3 is 2.14 bits per heavy atom. The largest absolute Gasteiger partial charge is 0.480 e. The summed E-state index contributed by atoms with van der Waals surface area (Å²) in [4.78, 5) is 11.8. The fourth-order valence-electron chi connectivity index (χ4n) is 1.46. The summed E-state index contributed by atoms with van der Waals surface area (Å²) in [5.41, 5.74) is 0. The summed E-state index contributed by atoms with van der Waals surface area (Å²) in [5, 5.41) is 1.38. The van der Waals surface area contributed by atoms with Crippen molar-refractivity contribution in [1.82, 2.24) is 0 Å². The number of ether oxygens (including phenoxy) is 2. The molecule has 3 nitrogen and oxygen atoms in total. The number of halogens is 5. The maximum atomic E-state index is 11.8. The molecule has 0 N–H and O–H groups in total. The van der Waals surface area contributed by atoms with Gasteiger partial charge in [0.1, 0.15) is 5.75 Å². The lowest BCUT2D eigenvalue weighted by molar-refractivity contribution is -0.136. The molecule has 0 saturated heterocycles. The highest BCUT2D eigenvalue weighted by atomic mass is 35.5. The molecule has 0 aliphatic heterocycles. The third kappa shape index (κ3) is 4.58. The maximum absolute atomic E-state index is 11.8. The van der Waals surface area contributed by atoms with Crippen LogP contribution in [0.25, 0.3) is 0 Å². The van der Waals surface area contributed by atoms with Crippen LogP contribution in [-0.2, 0) is 4.79 Å². The number of hydrogen-bond donors (Lipinski definition) is 0. The number of rotatable bonds is 4. The first kappa shape index (κ1) is 17.5. The number of esters is 1. The summed E-state index contributed by atoms with van der Waals surface area (Å²) >= 11 is 29.2. The highest BCUT2D eigenvalue weighted by molar-refractivity contribution is 6.43. The molecule has 0 unspecified atom stereocenters. The van der Waals surface area contributed by atoms with Gasteiger partial charge in [-0.1, -0.05) is 58.0 Å². The van der Waals surface area contributed by atoms with Gasteiger partial charge < -0.3 is 9.47 Å². The summed E-state index contributed by atoms with van der Waals surface area (Å²) < 4.78 is 10.3. The summed E-state index contributed by atoms with van der Waals surface area (Å²) in [5.74, 6) is -0.276. The summed E-state index contributed by atoms with van der Waals surface area (Å²) in [6.45, 7) is -0.363. The molecule has 0 radical (unpaired) electrons. The molecule has 0 aromatic heterocycles. The van der Waals surface area contributed by atoms with Crippen molar-refractivity contribution in [2.45, 2.75) is 0 Å². The molecule has 0 aliphatic rings. The molecule has 0 aliphatic carbocycles. The standard InChI is InChI=1S/C14H7Cl5O3/c15-7-1-2-12(10(18)3-7)21-6-14(20)22-13-5-9(17)8(16)4-11(13)19/h1-5H,6H2. The summed E-state index contributed by atoms with van der Waals surface area (Å²) in [6.07, 6.45) is 0. The van der Waals surface area contributed by atoms with E-state index in [9.17, 15) is 4.79 Å². The quantitative estimate of drug-likeness (QED) is 0.362. The zero-order valence-electron chi connectivity index (χ0n) is 10.7. The molecule has 0 spiro atoms. The van der Waals surface area contributed by atoms with Crippen LogP contribution >= 0.6 is 58.0 Å². The van der Waals surface area contributed by atoms with Crippen molar-refractivity contribution in [1.29, 1.82) is 0 Å². The predicted molar refractivity (Wildman–Crippen MR) is 89.1 cm³/mol. The highest BCUT2D eigenvalue weighted by Crippen LogP contribution is 2.34. The van der Waals surface area contributed by atoms with Crippen LogP contribution in [0, 0.1) is 0 Å². The van der Waals surface area contributed by atoms with Crippen molar-refractivity contribution in [2.75, 3.05) is 6.61 Å². The fraction of sp³-hybridized carbons (Fsp3) is 0.0714. The van der Waals surface area contributed by atoms with E-state index in [0.29, 0.717) is 10.8 Å². The lowest BCUT2D eigenvalue weighted by Crippen LogP contribution is -2.18. The van der Waals surface area contributed by atoms with E-state index < -0.39 is 5.97 Å². The van der Waals surface area contributed by atoms with Crippen molar-refractivity contribution < 1.29 is 14.3 Å². The smallest absolute Gasteiger partial charge is 0.349 e. The predicted octanol–water partition coefficient (Wildman–Crippen LogP) is 5.94. The van der Waals surface area contributed by atoms with E-state index in [-0.39, 0.29) is 32.4 Å². The van der Waals surface area contributed by atoms with Crippen molar-refractivity contribution in [3.05, 3.63) is 55.4 Å². The van der Waals surface area contributed by atoms with Crippen molar-refractivity contribution in [3.63, 3.8) is 0 Å². The second kappa shape index (κ2) is 7.62. The molecule has 22 heavy (non-hydrogen) atoms. The Hall–Kier alpha value is -0.840. The van der Waals surface area contributed by atoms with Gasteiger partial charge in [-0.2, -0.15) is 0 Å². The van der Waals surface area contributed by atoms with Gasteiger partial charge in [0.25, 0.3) is 0 Å². The van der Waals surface area contributed by atoms with Gasteiger partial charge in [-0.15, -0.1) is 0 Å². The van der Waals surface area contributed by atoms with Gasteiger partial charge in [0, 0.05) is 11.1 Å². The van der Waals surface area contributed by atoms with E-state index in [1.807, 2.05) is 0 Å². The molecule has 0 heterocycles. The molecule has 116 valence electrons. The average Bonchev–Trinajstić information content (AvgIpc) is 2.44. The Labute approximate surface area is 151 Å². The normalized spacial score (nSPS) is 10.4. The first-order chi connectivity index (χ1) is 10.4. The minimum absolute atomic E-state index is 0.0897. The van der Waals surface area contributed by atoms with Gasteiger partial charge in [0.15, 0.2) is 12.4 Å².